The van der Waals surface area contributed by atoms with Crippen LogP contribution in [0, 0.1) is 11.3 Å². The molecule has 0 bridgehead atoms. The van der Waals surface area contributed by atoms with E-state index < -0.39 is 17.9 Å². The molecule has 3 fully saturated rings. The van der Waals surface area contributed by atoms with Gasteiger partial charge in [-0.1, -0.05) is 0 Å². The molecule has 42 heavy (non-hydrogen) atoms. The van der Waals surface area contributed by atoms with Gasteiger partial charge in [0.2, 0.25) is 12.1 Å². The molecule has 2 aliphatic heterocycles. The lowest BCUT2D eigenvalue weighted by atomic mass is 9.82. The van der Waals surface area contributed by atoms with Crippen molar-refractivity contribution in [2.45, 2.75) is 81.0 Å². The van der Waals surface area contributed by atoms with Crippen LogP contribution in [0.3, 0.4) is 0 Å². The number of hydrogen-bond donors (Lipinski definition) is 3. The molecule has 0 spiro atoms. The van der Waals surface area contributed by atoms with Gasteiger partial charge in [-0.25, -0.2) is 15.0 Å². The average Bonchev–Trinajstić information content (AvgIpc) is 3.41. The van der Waals surface area contributed by atoms with Gasteiger partial charge in [-0.2, -0.15) is 23.5 Å². The first-order valence-corrected chi connectivity index (χ1v) is 14.3. The van der Waals surface area contributed by atoms with Crippen molar-refractivity contribution in [3.05, 3.63) is 42.9 Å². The van der Waals surface area contributed by atoms with E-state index in [1.54, 1.807) is 12.3 Å². The molecule has 2 aliphatic carbocycles. The van der Waals surface area contributed by atoms with Crippen molar-refractivity contribution in [3.63, 3.8) is 0 Å². The fourth-order valence-corrected chi connectivity index (χ4v) is 6.22. The number of aromatic nitrogens is 5. The summed E-state index contributed by atoms with van der Waals surface area (Å²) in [6.45, 7) is 1.40. The SMILES string of the molecule is N#CCC1(n2cc(-c3ncnc4[nH]ccc34)cn2)CN(C2CCC(OC3=NC(C(F)(F)F)NC(NC4CC4)=C3)CC2)C1. The number of halogens is 3. The summed E-state index contributed by atoms with van der Waals surface area (Å²) in [5.41, 5.74) is 2.00. The zero-order chi connectivity index (χ0) is 28.9. The Morgan fingerprint density at radius 1 is 1.14 bits per heavy atom. The molecule has 1 unspecified atom stereocenters. The van der Waals surface area contributed by atoms with E-state index in [2.05, 4.69) is 46.6 Å². The summed E-state index contributed by atoms with van der Waals surface area (Å²) in [6.07, 6.45) is 7.30. The fraction of sp³-hybridized carbons (Fsp3) is 0.536. The second-order valence-corrected chi connectivity index (χ2v) is 11.7. The summed E-state index contributed by atoms with van der Waals surface area (Å²) in [4.78, 5) is 18.0. The van der Waals surface area contributed by atoms with E-state index in [0.717, 1.165) is 60.8 Å². The van der Waals surface area contributed by atoms with Gasteiger partial charge in [0.05, 0.1) is 24.4 Å². The van der Waals surface area contributed by atoms with Gasteiger partial charge in [0.1, 0.15) is 29.4 Å². The Kier molecular flexibility index (Phi) is 6.56. The highest BCUT2D eigenvalue weighted by molar-refractivity contribution is 5.90. The second kappa shape index (κ2) is 10.3. The highest BCUT2D eigenvalue weighted by Crippen LogP contribution is 2.39. The van der Waals surface area contributed by atoms with E-state index >= 15 is 0 Å². The van der Waals surface area contributed by atoms with Gasteiger partial charge < -0.3 is 20.4 Å². The first-order chi connectivity index (χ1) is 20.3. The van der Waals surface area contributed by atoms with Crippen molar-refractivity contribution >= 4 is 16.9 Å². The van der Waals surface area contributed by atoms with Gasteiger partial charge in [-0.3, -0.25) is 9.58 Å². The number of H-pyrrole nitrogens is 1. The zero-order valence-electron chi connectivity index (χ0n) is 22.8. The summed E-state index contributed by atoms with van der Waals surface area (Å²) in [6, 6.07) is 4.80. The van der Waals surface area contributed by atoms with E-state index in [-0.39, 0.29) is 18.0 Å². The Morgan fingerprint density at radius 3 is 2.69 bits per heavy atom. The van der Waals surface area contributed by atoms with Crippen LogP contribution in [0.1, 0.15) is 44.9 Å². The quantitative estimate of drug-likeness (QED) is 0.387. The molecular weight excluding hydrogens is 549 g/mol. The van der Waals surface area contributed by atoms with Gasteiger partial charge in [0.25, 0.3) is 0 Å². The van der Waals surface area contributed by atoms with Crippen LogP contribution in [0.15, 0.2) is 47.9 Å². The number of ether oxygens (including phenoxy) is 1. The second-order valence-electron chi connectivity index (χ2n) is 11.7. The molecule has 3 aromatic rings. The molecule has 2 saturated carbocycles. The van der Waals surface area contributed by atoms with Crippen molar-refractivity contribution in [2.24, 2.45) is 4.99 Å². The molecule has 4 aliphatic rings. The van der Waals surface area contributed by atoms with Gasteiger partial charge in [-0.05, 0) is 44.6 Å². The van der Waals surface area contributed by atoms with Gasteiger partial charge in [-0.15, -0.1) is 0 Å². The predicted octanol–water partition coefficient (Wildman–Crippen LogP) is 3.56. The smallest absolute Gasteiger partial charge is 0.429 e. The number of aliphatic imine (C=N–C) groups is 1. The van der Waals surface area contributed by atoms with Gasteiger partial charge >= 0.3 is 6.18 Å². The molecule has 11 nitrogen and oxygen atoms in total. The van der Waals surface area contributed by atoms with Crippen LogP contribution in [0.4, 0.5) is 13.2 Å². The molecule has 3 N–H and O–H groups in total. The first-order valence-electron chi connectivity index (χ1n) is 14.3. The van der Waals surface area contributed by atoms with Crippen LogP contribution in [0.5, 0.6) is 0 Å². The minimum Gasteiger partial charge on any atom is -0.474 e. The maximum Gasteiger partial charge on any atom is 0.429 e. The predicted molar refractivity (Wildman–Crippen MR) is 147 cm³/mol. The van der Waals surface area contributed by atoms with Crippen LogP contribution < -0.4 is 10.6 Å². The molecule has 14 heteroatoms. The molecule has 0 radical (unpaired) electrons. The lowest BCUT2D eigenvalue weighted by Gasteiger charge is -2.53. The minimum absolute atomic E-state index is 0.0229. The molecule has 5 heterocycles. The molecular formula is C28H31F3N10O. The largest absolute Gasteiger partial charge is 0.474 e. The van der Waals surface area contributed by atoms with E-state index in [0.29, 0.717) is 31.4 Å². The lowest BCUT2D eigenvalue weighted by Crippen LogP contribution is -2.65. The first kappa shape index (κ1) is 26.8. The van der Waals surface area contributed by atoms with E-state index in [9.17, 15) is 18.4 Å². The van der Waals surface area contributed by atoms with E-state index in [1.807, 2.05) is 23.1 Å². The summed E-state index contributed by atoms with van der Waals surface area (Å²) >= 11 is 0. The van der Waals surface area contributed by atoms with E-state index in [1.165, 1.54) is 6.33 Å². The third-order valence-electron chi connectivity index (χ3n) is 8.61. The molecule has 1 atom stereocenters. The molecule has 3 aromatic heterocycles. The topological polar surface area (TPSA) is 132 Å². The Hall–Kier alpha value is -4.12. The van der Waals surface area contributed by atoms with E-state index in [4.69, 9.17) is 4.74 Å². The Bertz CT molecular complexity index is 1550. The summed E-state index contributed by atoms with van der Waals surface area (Å²) in [5.74, 6) is 0.335. The number of nitrogens with zero attached hydrogens (tertiary/aromatic N) is 7. The third kappa shape index (κ3) is 5.17. The lowest BCUT2D eigenvalue weighted by molar-refractivity contribution is -0.153. The monoisotopic (exact) mass is 580 g/mol. The number of alkyl halides is 3. The summed E-state index contributed by atoms with van der Waals surface area (Å²) in [5, 5.41) is 20.7. The summed E-state index contributed by atoms with van der Waals surface area (Å²) in [7, 11) is 0. The van der Waals surface area contributed by atoms with Crippen LogP contribution in [0.25, 0.3) is 22.3 Å². The summed E-state index contributed by atoms with van der Waals surface area (Å²) < 4.78 is 48.3. The maximum atomic E-state index is 13.5. The zero-order valence-corrected chi connectivity index (χ0v) is 22.8. The molecule has 7 rings (SSSR count). The van der Waals surface area contributed by atoms with Gasteiger partial charge in [0, 0.05) is 54.6 Å². The van der Waals surface area contributed by atoms with Crippen molar-refractivity contribution < 1.29 is 17.9 Å². The van der Waals surface area contributed by atoms with Crippen molar-refractivity contribution in [2.75, 3.05) is 13.1 Å². The van der Waals surface area contributed by atoms with Crippen LogP contribution in [-0.4, -0.2) is 79.1 Å². The molecule has 0 aromatic carbocycles. The number of nitrogens with one attached hydrogen (secondary N) is 3. The highest BCUT2D eigenvalue weighted by atomic mass is 19.4. The molecule has 220 valence electrons. The number of aromatic amines is 1. The molecule has 1 saturated heterocycles. The standard InChI is InChI=1S/C28H31F3N10O/c29-28(30,31)26-38-22(37-18-1-2-18)11-23(39-26)42-20-5-3-19(4-6-20)40-14-27(15-40,8-9-32)41-13-17(12-36-41)24-21-7-10-33-25(21)35-16-34-24/h7,10-13,16,18-20,26,37-38H,1-6,8,14-15H2,(H,33,34,35). The number of rotatable bonds is 7. The normalized spacial score (nSPS) is 26.0. The van der Waals surface area contributed by atoms with Crippen molar-refractivity contribution in [1.82, 2.24) is 40.3 Å². The van der Waals surface area contributed by atoms with Crippen LogP contribution in [-0.2, 0) is 10.3 Å². The van der Waals surface area contributed by atoms with Gasteiger partial charge in [0.15, 0.2) is 0 Å². The van der Waals surface area contributed by atoms with Crippen LogP contribution in [0.2, 0.25) is 0 Å². The Morgan fingerprint density at radius 2 is 1.95 bits per heavy atom. The fourth-order valence-electron chi connectivity index (χ4n) is 6.22. The molecule has 0 amide bonds. The number of hydrogen-bond acceptors (Lipinski definition) is 9. The highest BCUT2D eigenvalue weighted by Gasteiger charge is 2.48. The Balaban J connectivity index is 0.977. The average molecular weight is 581 g/mol. The number of likely N-dealkylation sites (tertiary alicyclic amines) is 1. The number of nitriles is 1. The van der Waals surface area contributed by atoms with Crippen molar-refractivity contribution in [3.8, 4) is 17.3 Å². The number of fused-ring (bicyclic) bond motifs is 1. The van der Waals surface area contributed by atoms with Crippen molar-refractivity contribution in [1.29, 1.82) is 5.26 Å². The third-order valence-corrected chi connectivity index (χ3v) is 8.61. The minimum atomic E-state index is -4.51. The Labute approximate surface area is 239 Å². The van der Waals surface area contributed by atoms with Crippen LogP contribution >= 0.6 is 0 Å². The maximum absolute atomic E-state index is 13.5.